The molecule has 4 fully saturated rings. The summed E-state index contributed by atoms with van der Waals surface area (Å²) in [6.07, 6.45) is 6.61. The van der Waals surface area contributed by atoms with E-state index < -0.39 is 12.1 Å². The zero-order valence-corrected chi connectivity index (χ0v) is 15.2. The van der Waals surface area contributed by atoms with E-state index in [1.54, 1.807) is 6.92 Å². The number of nitrogens with one attached hydrogen (secondary N) is 1. The van der Waals surface area contributed by atoms with Crippen molar-refractivity contribution in [3.8, 4) is 0 Å². The Morgan fingerprint density at radius 3 is 2.29 bits per heavy atom. The Bertz CT molecular complexity index is 630. The van der Waals surface area contributed by atoms with Crippen molar-refractivity contribution in [1.29, 1.82) is 0 Å². The summed E-state index contributed by atoms with van der Waals surface area (Å²) in [5.41, 5.74) is 0.865. The van der Waals surface area contributed by atoms with Gasteiger partial charge in [-0.1, -0.05) is 0 Å². The quantitative estimate of drug-likeness (QED) is 0.845. The Kier molecular flexibility index (Phi) is 3.94. The van der Waals surface area contributed by atoms with Crippen molar-refractivity contribution in [3.05, 3.63) is 21.9 Å². The molecule has 4 nitrogen and oxygen atoms in total. The minimum Gasteiger partial charge on any atom is -0.448 e. The van der Waals surface area contributed by atoms with Gasteiger partial charge in [0.1, 0.15) is 4.88 Å². The van der Waals surface area contributed by atoms with Crippen molar-refractivity contribution in [2.75, 3.05) is 0 Å². The van der Waals surface area contributed by atoms with Crippen molar-refractivity contribution in [3.63, 3.8) is 0 Å². The van der Waals surface area contributed by atoms with Crippen LogP contribution in [0.15, 0.2) is 11.4 Å². The zero-order chi connectivity index (χ0) is 16.9. The number of rotatable bonds is 4. The van der Waals surface area contributed by atoms with Gasteiger partial charge < -0.3 is 10.1 Å². The summed E-state index contributed by atoms with van der Waals surface area (Å²) in [4.78, 5) is 25.4. The van der Waals surface area contributed by atoms with Gasteiger partial charge in [0, 0.05) is 5.54 Å². The van der Waals surface area contributed by atoms with E-state index in [2.05, 4.69) is 5.32 Å². The average molecular weight is 347 g/mol. The van der Waals surface area contributed by atoms with E-state index in [1.165, 1.54) is 30.6 Å². The molecule has 4 saturated carbocycles. The van der Waals surface area contributed by atoms with Crippen LogP contribution in [0, 0.1) is 24.7 Å². The zero-order valence-electron chi connectivity index (χ0n) is 14.3. The second-order valence-electron chi connectivity index (χ2n) is 8.17. The van der Waals surface area contributed by atoms with Gasteiger partial charge in [0.15, 0.2) is 6.10 Å². The van der Waals surface area contributed by atoms with Crippen molar-refractivity contribution < 1.29 is 14.3 Å². The predicted molar refractivity (Wildman–Crippen MR) is 93.0 cm³/mol. The molecular weight excluding hydrogens is 322 g/mol. The van der Waals surface area contributed by atoms with Crippen LogP contribution in [0.2, 0.25) is 0 Å². The second kappa shape index (κ2) is 5.87. The van der Waals surface area contributed by atoms with Gasteiger partial charge in [0.25, 0.3) is 5.91 Å². The number of amides is 1. The molecule has 1 atom stereocenters. The molecule has 0 aromatic carbocycles. The van der Waals surface area contributed by atoms with Crippen LogP contribution in [0.3, 0.4) is 0 Å². The predicted octanol–water partition coefficient (Wildman–Crippen LogP) is 3.69. The first kappa shape index (κ1) is 16.1. The average Bonchev–Trinajstić information content (AvgIpc) is 2.91. The minimum atomic E-state index is -0.744. The fourth-order valence-electron chi connectivity index (χ4n) is 5.48. The van der Waals surface area contributed by atoms with Gasteiger partial charge in [-0.05, 0) is 87.1 Å². The maximum atomic E-state index is 12.6. The van der Waals surface area contributed by atoms with E-state index >= 15 is 0 Å². The molecule has 24 heavy (non-hydrogen) atoms. The number of carbonyl (C=O) groups is 2. The first-order valence-corrected chi connectivity index (χ1v) is 9.89. The molecular formula is C19H25NO3S. The summed E-state index contributed by atoms with van der Waals surface area (Å²) in [6.45, 7) is 3.56. The monoisotopic (exact) mass is 347 g/mol. The lowest BCUT2D eigenvalue weighted by Gasteiger charge is -2.57. The lowest BCUT2D eigenvalue weighted by molar-refractivity contribution is -0.134. The highest BCUT2D eigenvalue weighted by Crippen LogP contribution is 2.55. The van der Waals surface area contributed by atoms with E-state index in [1.807, 2.05) is 18.4 Å². The maximum absolute atomic E-state index is 12.6. The summed E-state index contributed by atoms with van der Waals surface area (Å²) < 4.78 is 5.41. The van der Waals surface area contributed by atoms with Crippen LogP contribution in [-0.2, 0) is 9.53 Å². The molecule has 0 radical (unpaired) electrons. The van der Waals surface area contributed by atoms with Crippen LogP contribution < -0.4 is 5.32 Å². The number of carbonyl (C=O) groups excluding carboxylic acids is 2. The smallest absolute Gasteiger partial charge is 0.349 e. The molecule has 0 unspecified atom stereocenters. The standard InChI is InChI=1S/C19H25NO3S/c1-11-3-4-24-16(11)18(22)23-12(2)17(21)20-19-8-13-5-14(9-19)7-15(6-13)10-19/h3-4,12-15H,5-10H2,1-2H3,(H,20,21)/t12-,13?,14?,15?,19?/m0/s1. The number of thiophene rings is 1. The summed E-state index contributed by atoms with van der Waals surface area (Å²) in [5, 5.41) is 5.14. The highest BCUT2D eigenvalue weighted by atomic mass is 32.1. The molecule has 5 heteroatoms. The fraction of sp³-hybridized carbons (Fsp3) is 0.684. The molecule has 0 aliphatic heterocycles. The summed E-state index contributed by atoms with van der Waals surface area (Å²) >= 11 is 1.36. The summed E-state index contributed by atoms with van der Waals surface area (Å²) in [5.74, 6) is 1.81. The highest BCUT2D eigenvalue weighted by molar-refractivity contribution is 7.12. The van der Waals surface area contributed by atoms with E-state index in [-0.39, 0.29) is 11.4 Å². The molecule has 1 amide bonds. The molecule has 0 spiro atoms. The lowest BCUT2D eigenvalue weighted by Crippen LogP contribution is -2.61. The van der Waals surface area contributed by atoms with Crippen molar-refractivity contribution >= 4 is 23.2 Å². The van der Waals surface area contributed by atoms with Gasteiger partial charge in [-0.25, -0.2) is 4.79 Å². The van der Waals surface area contributed by atoms with Crippen molar-refractivity contribution in [2.45, 2.75) is 64.0 Å². The number of ether oxygens (including phenoxy) is 1. The molecule has 0 saturated heterocycles. The van der Waals surface area contributed by atoms with E-state index in [9.17, 15) is 9.59 Å². The van der Waals surface area contributed by atoms with E-state index in [0.29, 0.717) is 4.88 Å². The van der Waals surface area contributed by atoms with Gasteiger partial charge >= 0.3 is 5.97 Å². The number of hydrogen-bond donors (Lipinski definition) is 1. The van der Waals surface area contributed by atoms with Gasteiger partial charge in [-0.2, -0.15) is 0 Å². The van der Waals surface area contributed by atoms with Crippen LogP contribution >= 0.6 is 11.3 Å². The molecule has 1 aromatic heterocycles. The molecule has 4 aliphatic carbocycles. The maximum Gasteiger partial charge on any atom is 0.349 e. The number of hydrogen-bond acceptors (Lipinski definition) is 4. The largest absolute Gasteiger partial charge is 0.448 e. The molecule has 5 rings (SSSR count). The Morgan fingerprint density at radius 2 is 1.79 bits per heavy atom. The SMILES string of the molecule is Cc1ccsc1C(=O)O[C@@H](C)C(=O)NC12CC3CC(CC(C3)C1)C2. The Hall–Kier alpha value is -1.36. The summed E-state index contributed by atoms with van der Waals surface area (Å²) in [6, 6.07) is 1.89. The van der Waals surface area contributed by atoms with Crippen LogP contribution in [0.1, 0.15) is 60.7 Å². The van der Waals surface area contributed by atoms with Gasteiger partial charge in [-0.3, -0.25) is 4.79 Å². The van der Waals surface area contributed by atoms with Crippen LogP contribution in [-0.4, -0.2) is 23.5 Å². The third-order valence-corrected chi connectivity index (χ3v) is 7.12. The third-order valence-electron chi connectivity index (χ3n) is 6.13. The van der Waals surface area contributed by atoms with E-state index in [0.717, 1.165) is 42.6 Å². The highest BCUT2D eigenvalue weighted by Gasteiger charge is 2.51. The molecule has 4 bridgehead atoms. The molecule has 1 heterocycles. The molecule has 1 aromatic rings. The lowest BCUT2D eigenvalue weighted by atomic mass is 9.53. The first-order valence-electron chi connectivity index (χ1n) is 9.01. The van der Waals surface area contributed by atoms with Gasteiger partial charge in [0.05, 0.1) is 0 Å². The Labute approximate surface area is 147 Å². The number of esters is 1. The van der Waals surface area contributed by atoms with Crippen molar-refractivity contribution in [2.24, 2.45) is 17.8 Å². The van der Waals surface area contributed by atoms with Crippen LogP contribution in [0.5, 0.6) is 0 Å². The third kappa shape index (κ3) is 2.87. The van der Waals surface area contributed by atoms with Gasteiger partial charge in [-0.15, -0.1) is 11.3 Å². The molecule has 4 aliphatic rings. The van der Waals surface area contributed by atoms with E-state index in [4.69, 9.17) is 4.74 Å². The van der Waals surface area contributed by atoms with Crippen LogP contribution in [0.25, 0.3) is 0 Å². The topological polar surface area (TPSA) is 55.4 Å². The minimum absolute atomic E-state index is 0.0364. The number of aryl methyl sites for hydroxylation is 1. The normalized spacial score (nSPS) is 34.8. The van der Waals surface area contributed by atoms with Gasteiger partial charge in [0.2, 0.25) is 0 Å². The fourth-order valence-corrected chi connectivity index (χ4v) is 6.28. The molecule has 1 N–H and O–H groups in total. The van der Waals surface area contributed by atoms with Crippen molar-refractivity contribution in [1.82, 2.24) is 5.32 Å². The second-order valence-corrected chi connectivity index (χ2v) is 9.08. The first-order chi connectivity index (χ1) is 11.4. The Balaban J connectivity index is 1.39. The summed E-state index contributed by atoms with van der Waals surface area (Å²) in [7, 11) is 0. The Morgan fingerprint density at radius 1 is 1.21 bits per heavy atom. The van der Waals surface area contributed by atoms with Crippen LogP contribution in [0.4, 0.5) is 0 Å². The molecule has 130 valence electrons.